The number of pyridine rings is 1. The van der Waals surface area contributed by atoms with E-state index in [0.717, 1.165) is 30.5 Å². The van der Waals surface area contributed by atoms with Crippen LogP contribution in [0.5, 0.6) is 0 Å². The quantitative estimate of drug-likeness (QED) is 0.516. The molecule has 0 spiro atoms. The summed E-state index contributed by atoms with van der Waals surface area (Å²) in [6.45, 7) is 2.66. The van der Waals surface area contributed by atoms with Crippen LogP contribution >= 0.6 is 0 Å². The van der Waals surface area contributed by atoms with Gasteiger partial charge >= 0.3 is 5.97 Å². The van der Waals surface area contributed by atoms with Crippen molar-refractivity contribution in [3.63, 3.8) is 0 Å². The van der Waals surface area contributed by atoms with Gasteiger partial charge in [-0.1, -0.05) is 24.2 Å². The number of aryl methyl sites for hydroxylation is 1. The maximum atomic E-state index is 13.3. The first kappa shape index (κ1) is 24.4. The number of fused-ring (bicyclic) bond motifs is 1. The van der Waals surface area contributed by atoms with Gasteiger partial charge in [0.05, 0.1) is 23.1 Å². The molecule has 0 saturated carbocycles. The predicted octanol–water partition coefficient (Wildman–Crippen LogP) is 2.90. The van der Waals surface area contributed by atoms with E-state index < -0.39 is 16.0 Å². The normalized spacial score (nSPS) is 19.1. The van der Waals surface area contributed by atoms with Gasteiger partial charge in [-0.3, -0.25) is 4.79 Å². The Morgan fingerprint density at radius 2 is 1.94 bits per heavy atom. The minimum atomic E-state index is -3.89. The number of nitrogens with zero attached hydrogens (tertiary/aromatic N) is 3. The number of methoxy groups -OCH3 is 1. The smallest absolute Gasteiger partial charge is 0.339 e. The van der Waals surface area contributed by atoms with Gasteiger partial charge in [0.25, 0.3) is 5.56 Å². The molecule has 1 aromatic carbocycles. The van der Waals surface area contributed by atoms with E-state index in [-0.39, 0.29) is 40.9 Å². The number of rotatable bonds is 5. The summed E-state index contributed by atoms with van der Waals surface area (Å²) >= 11 is 0. The lowest BCUT2D eigenvalue weighted by atomic mass is 9.87. The fourth-order valence-electron chi connectivity index (χ4n) is 5.01. The second-order valence-electron chi connectivity index (χ2n) is 9.49. The van der Waals surface area contributed by atoms with Gasteiger partial charge in [-0.05, 0) is 61.8 Å². The summed E-state index contributed by atoms with van der Waals surface area (Å²) < 4.78 is 38.1. The molecule has 0 bridgehead atoms. The Kier molecular flexibility index (Phi) is 6.52. The van der Waals surface area contributed by atoms with E-state index in [2.05, 4.69) is 22.0 Å². The Balaban J connectivity index is 1.32. The van der Waals surface area contributed by atoms with Crippen molar-refractivity contribution in [2.24, 2.45) is 5.92 Å². The highest BCUT2D eigenvalue weighted by atomic mass is 32.2. The average molecular weight is 513 g/mol. The monoisotopic (exact) mass is 512 g/mol. The van der Waals surface area contributed by atoms with E-state index in [1.54, 1.807) is 12.1 Å². The average Bonchev–Trinajstić information content (AvgIpc) is 3.38. The zero-order chi connectivity index (χ0) is 25.4. The van der Waals surface area contributed by atoms with E-state index in [1.807, 2.05) is 6.07 Å². The van der Waals surface area contributed by atoms with Crippen LogP contribution in [0, 0.1) is 5.92 Å². The highest BCUT2D eigenvalue weighted by molar-refractivity contribution is 7.89. The maximum absolute atomic E-state index is 13.3. The number of carbonyl (C=O) groups is 1. The largest absolute Gasteiger partial charge is 0.465 e. The first-order valence-electron chi connectivity index (χ1n) is 12.0. The molecule has 2 aliphatic rings. The van der Waals surface area contributed by atoms with Crippen LogP contribution < -0.4 is 5.56 Å². The van der Waals surface area contributed by atoms with Crippen molar-refractivity contribution in [3.8, 4) is 11.4 Å². The first-order chi connectivity index (χ1) is 17.3. The lowest BCUT2D eigenvalue weighted by Gasteiger charge is -2.30. The van der Waals surface area contributed by atoms with Gasteiger partial charge in [0.1, 0.15) is 0 Å². The molecule has 1 N–H and O–H groups in total. The minimum absolute atomic E-state index is 0.00771. The molecule has 190 valence electrons. The summed E-state index contributed by atoms with van der Waals surface area (Å²) in [6, 6.07) is 7.89. The Morgan fingerprint density at radius 1 is 1.19 bits per heavy atom. The molecule has 1 atom stereocenters. The molecule has 3 heterocycles. The summed E-state index contributed by atoms with van der Waals surface area (Å²) in [7, 11) is -2.67. The minimum Gasteiger partial charge on any atom is -0.465 e. The number of nitrogens with one attached hydrogen (secondary N) is 1. The molecule has 11 heteroatoms. The number of ether oxygens (including phenoxy) is 1. The van der Waals surface area contributed by atoms with E-state index >= 15 is 0 Å². The number of aromatic amines is 1. The van der Waals surface area contributed by atoms with Gasteiger partial charge in [-0.25, -0.2) is 13.2 Å². The lowest BCUT2D eigenvalue weighted by Crippen LogP contribution is -2.38. The molecule has 2 aromatic heterocycles. The molecule has 5 rings (SSSR count). The summed E-state index contributed by atoms with van der Waals surface area (Å²) in [4.78, 5) is 32.1. The van der Waals surface area contributed by atoms with Crippen molar-refractivity contribution in [2.75, 3.05) is 20.2 Å². The summed E-state index contributed by atoms with van der Waals surface area (Å²) in [5.74, 6) is 0.356. The number of hydrogen-bond donors (Lipinski definition) is 1. The third-order valence-electron chi connectivity index (χ3n) is 7.07. The van der Waals surface area contributed by atoms with Gasteiger partial charge in [0, 0.05) is 24.7 Å². The van der Waals surface area contributed by atoms with E-state index in [1.165, 1.54) is 23.5 Å². The predicted molar refractivity (Wildman–Crippen MR) is 130 cm³/mol. The molecule has 0 radical (unpaired) electrons. The van der Waals surface area contributed by atoms with Crippen LogP contribution in [0.1, 0.15) is 59.6 Å². The molecular weight excluding hydrogens is 484 g/mol. The van der Waals surface area contributed by atoms with Gasteiger partial charge < -0.3 is 14.2 Å². The topological polar surface area (TPSA) is 135 Å². The van der Waals surface area contributed by atoms with Crippen LogP contribution in [0.25, 0.3) is 11.4 Å². The number of H-pyrrole nitrogens is 1. The summed E-state index contributed by atoms with van der Waals surface area (Å²) in [6.07, 6.45) is 3.75. The fourth-order valence-corrected chi connectivity index (χ4v) is 6.66. The van der Waals surface area contributed by atoms with Crippen molar-refractivity contribution < 1.29 is 22.5 Å². The van der Waals surface area contributed by atoms with Crippen LogP contribution in [-0.2, 0) is 27.6 Å². The Hall–Kier alpha value is -3.31. The Labute approximate surface area is 208 Å². The van der Waals surface area contributed by atoms with Gasteiger partial charge in [-0.15, -0.1) is 0 Å². The SMILES string of the molecule is COC(=O)c1ccccc1S(=O)(=O)N1CCC(c2nc(-c3cc4c([nH]c3=O)CCC(C)C4)no2)CC1. The van der Waals surface area contributed by atoms with Crippen LogP contribution in [0.4, 0.5) is 0 Å². The van der Waals surface area contributed by atoms with Crippen molar-refractivity contribution in [1.82, 2.24) is 19.4 Å². The highest BCUT2D eigenvalue weighted by Crippen LogP contribution is 2.32. The maximum Gasteiger partial charge on any atom is 0.339 e. The lowest BCUT2D eigenvalue weighted by molar-refractivity contribution is 0.0596. The third-order valence-corrected chi connectivity index (χ3v) is 9.02. The second kappa shape index (κ2) is 9.62. The van der Waals surface area contributed by atoms with Crippen LogP contribution in [0.15, 0.2) is 44.5 Å². The van der Waals surface area contributed by atoms with Crippen LogP contribution in [0.2, 0.25) is 0 Å². The fraction of sp³-hybridized carbons (Fsp3) is 0.440. The van der Waals surface area contributed by atoms with Gasteiger partial charge in [0.15, 0.2) is 0 Å². The zero-order valence-electron chi connectivity index (χ0n) is 20.2. The standard InChI is InChI=1S/C25H28N4O6S/c1-15-7-8-20-17(13-15)14-19(23(30)26-20)22-27-24(35-28-22)16-9-11-29(12-10-16)36(32,33)21-6-4-3-5-18(21)25(31)34-2/h3-6,14-16H,7-13H2,1-2H3,(H,26,30). The van der Waals surface area contributed by atoms with Gasteiger partial charge in [0.2, 0.25) is 21.7 Å². The Bertz CT molecular complexity index is 1450. The number of piperidine rings is 1. The number of carbonyl (C=O) groups excluding carboxylic acids is 1. The Morgan fingerprint density at radius 3 is 2.69 bits per heavy atom. The molecule has 36 heavy (non-hydrogen) atoms. The van der Waals surface area contributed by atoms with Gasteiger partial charge in [-0.2, -0.15) is 9.29 Å². The number of esters is 1. The van der Waals surface area contributed by atoms with Crippen molar-refractivity contribution in [1.29, 1.82) is 0 Å². The molecule has 0 amide bonds. The zero-order valence-corrected chi connectivity index (χ0v) is 21.0. The van der Waals surface area contributed by atoms with Crippen molar-refractivity contribution in [3.05, 3.63) is 63.4 Å². The highest BCUT2D eigenvalue weighted by Gasteiger charge is 2.34. The number of hydrogen-bond acceptors (Lipinski definition) is 8. The van der Waals surface area contributed by atoms with Crippen LogP contribution in [0.3, 0.4) is 0 Å². The molecule has 1 aliphatic heterocycles. The van der Waals surface area contributed by atoms with E-state index in [9.17, 15) is 18.0 Å². The van der Waals surface area contributed by atoms with Crippen molar-refractivity contribution in [2.45, 2.75) is 49.8 Å². The van der Waals surface area contributed by atoms with E-state index in [4.69, 9.17) is 9.26 Å². The molecule has 3 aromatic rings. The molecular formula is C25H28N4O6S. The third kappa shape index (κ3) is 4.48. The summed E-state index contributed by atoms with van der Waals surface area (Å²) in [5, 5.41) is 4.06. The van der Waals surface area contributed by atoms with E-state index in [0.29, 0.717) is 30.2 Å². The molecule has 10 nitrogen and oxygen atoms in total. The molecule has 1 unspecified atom stereocenters. The molecule has 1 saturated heterocycles. The van der Waals surface area contributed by atoms with Crippen molar-refractivity contribution >= 4 is 16.0 Å². The molecule has 1 fully saturated rings. The second-order valence-corrected chi connectivity index (χ2v) is 11.4. The molecule has 1 aliphatic carbocycles. The van der Waals surface area contributed by atoms with Crippen LogP contribution in [-0.4, -0.2) is 54.0 Å². The number of aromatic nitrogens is 3. The number of sulfonamides is 1. The number of benzene rings is 1. The first-order valence-corrected chi connectivity index (χ1v) is 13.5. The summed E-state index contributed by atoms with van der Waals surface area (Å²) in [5.41, 5.74) is 2.25.